The summed E-state index contributed by atoms with van der Waals surface area (Å²) in [4.78, 5) is 0. The molecule has 1 rings (SSSR count). The van der Waals surface area contributed by atoms with E-state index in [1.807, 2.05) is 6.08 Å². The quantitative estimate of drug-likeness (QED) is 0.659. The van der Waals surface area contributed by atoms with Crippen molar-refractivity contribution in [3.05, 3.63) is 12.7 Å². The van der Waals surface area contributed by atoms with Crippen molar-refractivity contribution in [2.24, 2.45) is 0 Å². The zero-order valence-corrected chi connectivity index (χ0v) is 8.89. The van der Waals surface area contributed by atoms with Crippen LogP contribution >= 0.6 is 0 Å². The fourth-order valence-electron chi connectivity index (χ4n) is 2.06. The summed E-state index contributed by atoms with van der Waals surface area (Å²) < 4.78 is 0. The van der Waals surface area contributed by atoms with Gasteiger partial charge >= 0.3 is 0 Å². The van der Waals surface area contributed by atoms with Gasteiger partial charge in [0, 0.05) is 12.1 Å². The van der Waals surface area contributed by atoms with Gasteiger partial charge < -0.3 is 5.32 Å². The lowest BCUT2D eigenvalue weighted by Gasteiger charge is -2.23. The maximum atomic E-state index is 3.81. The number of hydrogen-bond donors (Lipinski definition) is 1. The molecule has 0 bridgehead atoms. The maximum absolute atomic E-state index is 3.81. The van der Waals surface area contributed by atoms with Gasteiger partial charge in [0.2, 0.25) is 0 Å². The van der Waals surface area contributed by atoms with E-state index in [0.717, 1.165) is 6.04 Å². The van der Waals surface area contributed by atoms with Crippen LogP contribution in [-0.2, 0) is 0 Å². The number of rotatable bonds is 3. The van der Waals surface area contributed by atoms with Crippen LogP contribution in [0.2, 0.25) is 0 Å². The molecule has 0 spiro atoms. The van der Waals surface area contributed by atoms with Crippen molar-refractivity contribution in [1.29, 1.82) is 0 Å². The van der Waals surface area contributed by atoms with Gasteiger partial charge in [0.25, 0.3) is 0 Å². The van der Waals surface area contributed by atoms with Crippen LogP contribution in [0, 0.1) is 0 Å². The average molecular weight is 181 g/mol. The van der Waals surface area contributed by atoms with Gasteiger partial charge in [0.05, 0.1) is 0 Å². The summed E-state index contributed by atoms with van der Waals surface area (Å²) in [6.45, 7) is 5.99. The van der Waals surface area contributed by atoms with Crippen molar-refractivity contribution in [2.45, 2.75) is 64.0 Å². The van der Waals surface area contributed by atoms with Crippen molar-refractivity contribution >= 4 is 0 Å². The maximum Gasteiger partial charge on any atom is 0.0221 e. The molecule has 1 nitrogen and oxygen atoms in total. The zero-order chi connectivity index (χ0) is 9.52. The highest BCUT2D eigenvalue weighted by Gasteiger charge is 2.11. The highest BCUT2D eigenvalue weighted by molar-refractivity contribution is 4.84. The van der Waals surface area contributed by atoms with Gasteiger partial charge in [0.1, 0.15) is 0 Å². The van der Waals surface area contributed by atoms with E-state index in [9.17, 15) is 0 Å². The molecule has 0 amide bonds. The van der Waals surface area contributed by atoms with Crippen LogP contribution in [0.4, 0.5) is 0 Å². The van der Waals surface area contributed by atoms with E-state index in [4.69, 9.17) is 0 Å². The monoisotopic (exact) mass is 181 g/mol. The lowest BCUT2D eigenvalue weighted by atomic mass is 9.96. The van der Waals surface area contributed by atoms with E-state index in [1.54, 1.807) is 0 Å². The fourth-order valence-corrected chi connectivity index (χ4v) is 2.06. The molecule has 0 aliphatic heterocycles. The lowest BCUT2D eigenvalue weighted by molar-refractivity contribution is 0.378. The number of hydrogen-bond acceptors (Lipinski definition) is 1. The Hall–Kier alpha value is -0.300. The predicted octanol–water partition coefficient (Wildman–Crippen LogP) is 3.26. The summed E-state index contributed by atoms with van der Waals surface area (Å²) in [5, 5.41) is 3.62. The molecular formula is C12H23N. The Labute approximate surface area is 82.6 Å². The van der Waals surface area contributed by atoms with Gasteiger partial charge in [-0.1, -0.05) is 38.2 Å². The normalized spacial score (nSPS) is 23.2. The second kappa shape index (κ2) is 6.20. The standard InChI is InChI=1S/C12H23N/c1-3-11(2)13-12-9-7-5-4-6-8-10-12/h3,11-13H,1,4-10H2,2H3. The van der Waals surface area contributed by atoms with Crippen molar-refractivity contribution in [3.8, 4) is 0 Å². The van der Waals surface area contributed by atoms with Crippen LogP contribution in [0.3, 0.4) is 0 Å². The van der Waals surface area contributed by atoms with Crippen LogP contribution in [0.15, 0.2) is 12.7 Å². The molecular weight excluding hydrogens is 158 g/mol. The summed E-state index contributed by atoms with van der Waals surface area (Å²) >= 11 is 0. The molecule has 13 heavy (non-hydrogen) atoms. The highest BCUT2D eigenvalue weighted by Crippen LogP contribution is 2.17. The predicted molar refractivity (Wildman–Crippen MR) is 58.9 cm³/mol. The molecule has 0 aromatic rings. The van der Waals surface area contributed by atoms with Crippen LogP contribution in [0.5, 0.6) is 0 Å². The first-order valence-electron chi connectivity index (χ1n) is 5.71. The van der Waals surface area contributed by atoms with Crippen molar-refractivity contribution in [1.82, 2.24) is 5.32 Å². The third-order valence-corrected chi connectivity index (χ3v) is 2.96. The Bertz CT molecular complexity index is 134. The van der Waals surface area contributed by atoms with Crippen LogP contribution in [0.1, 0.15) is 51.9 Å². The third-order valence-electron chi connectivity index (χ3n) is 2.96. The van der Waals surface area contributed by atoms with E-state index in [2.05, 4.69) is 18.8 Å². The summed E-state index contributed by atoms with van der Waals surface area (Å²) in [5.74, 6) is 0. The Morgan fingerprint density at radius 2 is 1.69 bits per heavy atom. The molecule has 0 saturated heterocycles. The molecule has 0 aromatic carbocycles. The van der Waals surface area contributed by atoms with Gasteiger partial charge in [-0.3, -0.25) is 0 Å². The molecule has 1 heteroatoms. The van der Waals surface area contributed by atoms with Crippen molar-refractivity contribution < 1.29 is 0 Å². The summed E-state index contributed by atoms with van der Waals surface area (Å²) in [6, 6.07) is 1.22. The van der Waals surface area contributed by atoms with E-state index < -0.39 is 0 Å². The Morgan fingerprint density at radius 1 is 1.15 bits per heavy atom. The molecule has 76 valence electrons. The smallest absolute Gasteiger partial charge is 0.0221 e. The van der Waals surface area contributed by atoms with E-state index in [1.165, 1.54) is 44.9 Å². The molecule has 1 fully saturated rings. The first kappa shape index (κ1) is 10.8. The SMILES string of the molecule is C=CC(C)NC1CCCCCCC1. The first-order chi connectivity index (χ1) is 6.33. The van der Waals surface area contributed by atoms with Gasteiger partial charge in [0.15, 0.2) is 0 Å². The third kappa shape index (κ3) is 4.47. The fraction of sp³-hybridized carbons (Fsp3) is 0.833. The van der Waals surface area contributed by atoms with Crippen molar-refractivity contribution in [3.63, 3.8) is 0 Å². The Balaban J connectivity index is 2.24. The largest absolute Gasteiger partial charge is 0.308 e. The van der Waals surface area contributed by atoms with Crippen LogP contribution < -0.4 is 5.32 Å². The summed E-state index contributed by atoms with van der Waals surface area (Å²) in [6.07, 6.45) is 11.8. The van der Waals surface area contributed by atoms with Crippen molar-refractivity contribution in [2.75, 3.05) is 0 Å². The number of nitrogens with one attached hydrogen (secondary N) is 1. The molecule has 1 saturated carbocycles. The van der Waals surface area contributed by atoms with Gasteiger partial charge in [-0.2, -0.15) is 0 Å². The minimum Gasteiger partial charge on any atom is -0.308 e. The van der Waals surface area contributed by atoms with Crippen LogP contribution in [-0.4, -0.2) is 12.1 Å². The van der Waals surface area contributed by atoms with Crippen LogP contribution in [0.25, 0.3) is 0 Å². The summed E-state index contributed by atoms with van der Waals surface area (Å²) in [5.41, 5.74) is 0. The highest BCUT2D eigenvalue weighted by atomic mass is 14.9. The van der Waals surface area contributed by atoms with Gasteiger partial charge in [-0.05, 0) is 19.8 Å². The Morgan fingerprint density at radius 3 is 2.23 bits per heavy atom. The molecule has 1 aliphatic carbocycles. The Kier molecular flexibility index (Phi) is 5.14. The molecule has 1 aliphatic rings. The van der Waals surface area contributed by atoms with Gasteiger partial charge in [-0.15, -0.1) is 6.58 Å². The van der Waals surface area contributed by atoms with Gasteiger partial charge in [-0.25, -0.2) is 0 Å². The van der Waals surface area contributed by atoms with E-state index in [0.29, 0.717) is 6.04 Å². The molecule has 0 aromatic heterocycles. The topological polar surface area (TPSA) is 12.0 Å². The average Bonchev–Trinajstić information content (AvgIpc) is 2.09. The lowest BCUT2D eigenvalue weighted by Crippen LogP contribution is -2.35. The second-order valence-corrected chi connectivity index (χ2v) is 4.23. The first-order valence-corrected chi connectivity index (χ1v) is 5.71. The zero-order valence-electron chi connectivity index (χ0n) is 8.89. The van der Waals surface area contributed by atoms with E-state index in [-0.39, 0.29) is 0 Å². The molecule has 1 atom stereocenters. The molecule has 0 heterocycles. The minimum absolute atomic E-state index is 0.476. The second-order valence-electron chi connectivity index (χ2n) is 4.23. The molecule has 0 radical (unpaired) electrons. The minimum atomic E-state index is 0.476. The molecule has 1 unspecified atom stereocenters. The molecule has 1 N–H and O–H groups in total. The summed E-state index contributed by atoms with van der Waals surface area (Å²) in [7, 11) is 0. The van der Waals surface area contributed by atoms with E-state index >= 15 is 0 Å².